The van der Waals surface area contributed by atoms with E-state index in [1.54, 1.807) is 18.2 Å². The minimum atomic E-state index is -0.464. The van der Waals surface area contributed by atoms with Crippen LogP contribution in [0.1, 0.15) is 15.9 Å². The molecule has 0 saturated carbocycles. The van der Waals surface area contributed by atoms with Gasteiger partial charge in [0.2, 0.25) is 0 Å². The highest BCUT2D eigenvalue weighted by atomic mass is 35.5. The number of carbonyl (C=O) groups is 1. The molecular weight excluding hydrogens is 276 g/mol. The van der Waals surface area contributed by atoms with Gasteiger partial charge in [0.15, 0.2) is 0 Å². The molecule has 0 unspecified atom stereocenters. The van der Waals surface area contributed by atoms with Gasteiger partial charge in [0.05, 0.1) is 24.0 Å². The van der Waals surface area contributed by atoms with Gasteiger partial charge in [-0.1, -0.05) is 23.7 Å². The Kier molecular flexibility index (Phi) is 4.15. The van der Waals surface area contributed by atoms with Crippen molar-refractivity contribution in [2.24, 2.45) is 0 Å². The highest BCUT2D eigenvalue weighted by molar-refractivity contribution is 6.31. The largest absolute Gasteiger partial charge is 0.465 e. The van der Waals surface area contributed by atoms with E-state index in [2.05, 4.69) is 5.32 Å². The maximum atomic E-state index is 11.6. The summed E-state index contributed by atoms with van der Waals surface area (Å²) in [7, 11) is 1.32. The van der Waals surface area contributed by atoms with E-state index in [1.807, 2.05) is 25.1 Å². The normalized spacial score (nSPS) is 10.2. The number of methoxy groups -OCH3 is 1. The molecule has 0 spiro atoms. The molecule has 0 atom stereocenters. The van der Waals surface area contributed by atoms with E-state index in [0.717, 1.165) is 11.3 Å². The van der Waals surface area contributed by atoms with Gasteiger partial charge >= 0.3 is 5.97 Å². The molecule has 0 amide bonds. The molecule has 20 heavy (non-hydrogen) atoms. The van der Waals surface area contributed by atoms with Gasteiger partial charge < -0.3 is 15.8 Å². The summed E-state index contributed by atoms with van der Waals surface area (Å²) in [6, 6.07) is 10.7. The number of nitrogen functional groups attached to an aromatic ring is 1. The van der Waals surface area contributed by atoms with E-state index in [0.29, 0.717) is 22.0 Å². The monoisotopic (exact) mass is 290 g/mol. The van der Waals surface area contributed by atoms with Crippen molar-refractivity contribution in [1.82, 2.24) is 0 Å². The first kappa shape index (κ1) is 14.2. The molecule has 2 aromatic rings. The van der Waals surface area contributed by atoms with Gasteiger partial charge in [-0.25, -0.2) is 4.79 Å². The van der Waals surface area contributed by atoms with Gasteiger partial charge in [-0.05, 0) is 36.8 Å². The van der Waals surface area contributed by atoms with E-state index in [9.17, 15) is 4.79 Å². The zero-order valence-corrected chi connectivity index (χ0v) is 12.0. The summed E-state index contributed by atoms with van der Waals surface area (Å²) in [6.07, 6.45) is 0. The quantitative estimate of drug-likeness (QED) is 0.667. The lowest BCUT2D eigenvalue weighted by atomic mass is 10.1. The lowest BCUT2D eigenvalue weighted by Crippen LogP contribution is -2.07. The number of anilines is 3. The third-order valence-corrected chi connectivity index (χ3v) is 3.46. The standard InChI is InChI=1S/C15H15ClN2O2/c1-9-11(16)6-4-7-12(9)18-13-8-3-5-10(14(13)17)15(19)20-2/h3-8,18H,17H2,1-2H3. The molecule has 0 heterocycles. The molecule has 0 aromatic heterocycles. The van der Waals surface area contributed by atoms with Gasteiger partial charge in [-0.15, -0.1) is 0 Å². The third-order valence-electron chi connectivity index (χ3n) is 3.05. The van der Waals surface area contributed by atoms with Gasteiger partial charge in [-0.2, -0.15) is 0 Å². The van der Waals surface area contributed by atoms with Crippen LogP contribution in [0, 0.1) is 6.92 Å². The Morgan fingerprint density at radius 2 is 1.85 bits per heavy atom. The SMILES string of the molecule is COC(=O)c1cccc(Nc2cccc(Cl)c2C)c1N. The predicted octanol–water partition coefficient (Wildman–Crippen LogP) is 3.76. The first-order valence-electron chi connectivity index (χ1n) is 6.03. The van der Waals surface area contributed by atoms with Crippen molar-refractivity contribution in [2.75, 3.05) is 18.2 Å². The number of rotatable bonds is 3. The maximum Gasteiger partial charge on any atom is 0.340 e. The number of esters is 1. The highest BCUT2D eigenvalue weighted by Crippen LogP contribution is 2.30. The minimum absolute atomic E-state index is 0.331. The summed E-state index contributed by atoms with van der Waals surface area (Å²) >= 11 is 6.08. The number of ether oxygens (including phenoxy) is 1. The fourth-order valence-corrected chi connectivity index (χ4v) is 2.02. The van der Waals surface area contributed by atoms with Gasteiger partial charge in [0.25, 0.3) is 0 Å². The molecule has 104 valence electrons. The topological polar surface area (TPSA) is 64.3 Å². The average molecular weight is 291 g/mol. The van der Waals surface area contributed by atoms with Gasteiger partial charge in [-0.3, -0.25) is 0 Å². The van der Waals surface area contributed by atoms with E-state index < -0.39 is 5.97 Å². The number of nitrogens with one attached hydrogen (secondary N) is 1. The van der Waals surface area contributed by atoms with Crippen molar-refractivity contribution in [3.05, 3.63) is 52.5 Å². The molecule has 4 nitrogen and oxygen atoms in total. The molecule has 5 heteroatoms. The molecule has 0 aliphatic carbocycles. The molecule has 2 rings (SSSR count). The third kappa shape index (κ3) is 2.70. The van der Waals surface area contributed by atoms with Crippen LogP contribution in [0.25, 0.3) is 0 Å². The fourth-order valence-electron chi connectivity index (χ4n) is 1.85. The Hall–Kier alpha value is -2.20. The van der Waals surface area contributed by atoms with E-state index in [4.69, 9.17) is 22.1 Å². The summed E-state index contributed by atoms with van der Waals surface area (Å²) in [6.45, 7) is 1.91. The van der Waals surface area contributed by atoms with Crippen LogP contribution in [-0.2, 0) is 4.74 Å². The Labute approximate surface area is 122 Å². The van der Waals surface area contributed by atoms with Crippen LogP contribution in [-0.4, -0.2) is 13.1 Å². The van der Waals surface area contributed by atoms with Crippen LogP contribution in [0.3, 0.4) is 0 Å². The van der Waals surface area contributed by atoms with Crippen molar-refractivity contribution in [3.63, 3.8) is 0 Å². The summed E-state index contributed by atoms with van der Waals surface area (Å²) in [5, 5.41) is 3.85. The highest BCUT2D eigenvalue weighted by Gasteiger charge is 2.13. The fraction of sp³-hybridized carbons (Fsp3) is 0.133. The molecule has 0 aliphatic heterocycles. The Morgan fingerprint density at radius 1 is 1.20 bits per heavy atom. The van der Waals surface area contributed by atoms with Crippen LogP contribution >= 0.6 is 11.6 Å². The molecule has 0 aliphatic rings. The maximum absolute atomic E-state index is 11.6. The minimum Gasteiger partial charge on any atom is -0.465 e. The Morgan fingerprint density at radius 3 is 2.55 bits per heavy atom. The van der Waals surface area contributed by atoms with Crippen LogP contribution in [0.15, 0.2) is 36.4 Å². The van der Waals surface area contributed by atoms with Gasteiger partial charge in [0.1, 0.15) is 0 Å². The van der Waals surface area contributed by atoms with Crippen molar-refractivity contribution < 1.29 is 9.53 Å². The van der Waals surface area contributed by atoms with Crippen molar-refractivity contribution >= 4 is 34.6 Å². The summed E-state index contributed by atoms with van der Waals surface area (Å²) < 4.78 is 4.70. The molecule has 0 saturated heterocycles. The number of halogens is 1. The lowest BCUT2D eigenvalue weighted by Gasteiger charge is -2.14. The van der Waals surface area contributed by atoms with Crippen molar-refractivity contribution in [1.29, 1.82) is 0 Å². The first-order valence-corrected chi connectivity index (χ1v) is 6.41. The Balaban J connectivity index is 2.39. The summed E-state index contributed by atoms with van der Waals surface area (Å²) in [5.41, 5.74) is 9.07. The Bertz CT molecular complexity index is 656. The average Bonchev–Trinajstić information content (AvgIpc) is 2.45. The lowest BCUT2D eigenvalue weighted by molar-refractivity contribution is 0.0602. The number of nitrogens with two attached hydrogens (primary N) is 1. The smallest absolute Gasteiger partial charge is 0.340 e. The summed E-state index contributed by atoms with van der Waals surface area (Å²) in [5.74, 6) is -0.464. The molecule has 0 fully saturated rings. The second-order valence-corrected chi connectivity index (χ2v) is 4.70. The zero-order chi connectivity index (χ0) is 14.7. The van der Waals surface area contributed by atoms with Crippen LogP contribution in [0.2, 0.25) is 5.02 Å². The zero-order valence-electron chi connectivity index (χ0n) is 11.2. The molecule has 2 aromatic carbocycles. The predicted molar refractivity (Wildman–Crippen MR) is 81.7 cm³/mol. The number of hydrogen-bond donors (Lipinski definition) is 2. The summed E-state index contributed by atoms with van der Waals surface area (Å²) in [4.78, 5) is 11.6. The molecule has 0 bridgehead atoms. The van der Waals surface area contributed by atoms with Crippen LogP contribution < -0.4 is 11.1 Å². The van der Waals surface area contributed by atoms with Crippen molar-refractivity contribution in [2.45, 2.75) is 6.92 Å². The van der Waals surface area contributed by atoms with E-state index >= 15 is 0 Å². The van der Waals surface area contributed by atoms with Crippen LogP contribution in [0.5, 0.6) is 0 Å². The first-order chi connectivity index (χ1) is 9.54. The van der Waals surface area contributed by atoms with Crippen LogP contribution in [0.4, 0.5) is 17.1 Å². The second-order valence-electron chi connectivity index (χ2n) is 4.30. The number of benzene rings is 2. The number of para-hydroxylation sites is 1. The van der Waals surface area contributed by atoms with E-state index in [1.165, 1.54) is 7.11 Å². The van der Waals surface area contributed by atoms with Crippen molar-refractivity contribution in [3.8, 4) is 0 Å². The number of carbonyl (C=O) groups excluding carboxylic acids is 1. The molecule has 0 radical (unpaired) electrons. The van der Waals surface area contributed by atoms with Gasteiger partial charge in [0, 0.05) is 10.7 Å². The molecular formula is C15H15ClN2O2. The van der Waals surface area contributed by atoms with E-state index in [-0.39, 0.29) is 0 Å². The second kappa shape index (κ2) is 5.84. The number of hydrogen-bond acceptors (Lipinski definition) is 4. The molecule has 3 N–H and O–H groups in total.